The van der Waals surface area contributed by atoms with Gasteiger partial charge in [-0.1, -0.05) is 31.0 Å². The molecule has 0 aromatic heterocycles. The fourth-order valence-corrected chi connectivity index (χ4v) is 2.89. The van der Waals surface area contributed by atoms with Gasteiger partial charge in [0.05, 0.1) is 0 Å². The Morgan fingerprint density at radius 1 is 1.45 bits per heavy atom. The first-order chi connectivity index (χ1) is 9.70. The van der Waals surface area contributed by atoms with E-state index in [9.17, 15) is 4.79 Å². The molecule has 1 amide bonds. The van der Waals surface area contributed by atoms with Crippen molar-refractivity contribution in [1.29, 1.82) is 0 Å². The Morgan fingerprint density at radius 3 is 2.95 bits per heavy atom. The molecule has 1 aliphatic heterocycles. The van der Waals surface area contributed by atoms with E-state index in [0.29, 0.717) is 16.6 Å². The maximum atomic E-state index is 12.6. The number of carbonyl (C=O) groups is 1. The zero-order valence-corrected chi connectivity index (χ0v) is 12.8. The topological polar surface area (TPSA) is 32.3 Å². The lowest BCUT2D eigenvalue weighted by atomic mass is 10.0. The van der Waals surface area contributed by atoms with Crippen LogP contribution in [0, 0.1) is 0 Å². The summed E-state index contributed by atoms with van der Waals surface area (Å²) in [7, 11) is 0. The third-order valence-electron chi connectivity index (χ3n) is 3.71. The third-order valence-corrected chi connectivity index (χ3v) is 3.94. The minimum Gasteiger partial charge on any atom is -0.337 e. The molecule has 4 heteroatoms. The molecule has 3 nitrogen and oxygen atoms in total. The highest BCUT2D eigenvalue weighted by Gasteiger charge is 2.21. The first-order valence-corrected chi connectivity index (χ1v) is 7.86. The van der Waals surface area contributed by atoms with Crippen LogP contribution >= 0.6 is 11.6 Å². The van der Waals surface area contributed by atoms with Gasteiger partial charge in [0, 0.05) is 29.7 Å². The number of hydrogen-bond acceptors (Lipinski definition) is 2. The molecule has 1 atom stereocenters. The van der Waals surface area contributed by atoms with Gasteiger partial charge < -0.3 is 10.2 Å². The second-order valence-electron chi connectivity index (χ2n) is 5.41. The molecular formula is C16H23ClN2O. The first-order valence-electron chi connectivity index (χ1n) is 7.49. The number of benzene rings is 1. The van der Waals surface area contributed by atoms with E-state index in [1.807, 2.05) is 17.0 Å². The van der Waals surface area contributed by atoms with Crippen molar-refractivity contribution < 1.29 is 4.79 Å². The van der Waals surface area contributed by atoms with Crippen molar-refractivity contribution in [2.45, 2.75) is 38.6 Å². The van der Waals surface area contributed by atoms with Gasteiger partial charge >= 0.3 is 0 Å². The van der Waals surface area contributed by atoms with Crippen LogP contribution in [-0.4, -0.2) is 36.5 Å². The molecule has 1 saturated heterocycles. The van der Waals surface area contributed by atoms with E-state index in [2.05, 4.69) is 12.2 Å². The highest BCUT2D eigenvalue weighted by atomic mass is 35.5. The van der Waals surface area contributed by atoms with Crippen LogP contribution in [0.2, 0.25) is 5.02 Å². The Hall–Kier alpha value is -1.06. The lowest BCUT2D eigenvalue weighted by Crippen LogP contribution is -2.46. The van der Waals surface area contributed by atoms with E-state index in [-0.39, 0.29) is 5.91 Å². The lowest BCUT2D eigenvalue weighted by molar-refractivity contribution is 0.0731. The minimum absolute atomic E-state index is 0.0849. The smallest absolute Gasteiger partial charge is 0.253 e. The van der Waals surface area contributed by atoms with Gasteiger partial charge in [-0.05, 0) is 44.0 Å². The van der Waals surface area contributed by atoms with E-state index in [0.717, 1.165) is 32.5 Å². The van der Waals surface area contributed by atoms with E-state index in [4.69, 9.17) is 11.6 Å². The Bertz CT molecular complexity index is 444. The number of carbonyl (C=O) groups excluding carboxylic acids is 1. The molecule has 1 aliphatic rings. The largest absolute Gasteiger partial charge is 0.337 e. The monoisotopic (exact) mass is 294 g/mol. The SMILES string of the molecule is CCCN(CC1CCCCN1)C(=O)c1cccc(Cl)c1. The molecule has 0 saturated carbocycles. The fraction of sp³-hybridized carbons (Fsp3) is 0.562. The molecule has 2 rings (SSSR count). The van der Waals surface area contributed by atoms with Crippen LogP contribution in [0.3, 0.4) is 0 Å². The molecule has 0 bridgehead atoms. The van der Waals surface area contributed by atoms with Crippen molar-refractivity contribution in [3.8, 4) is 0 Å². The van der Waals surface area contributed by atoms with E-state index >= 15 is 0 Å². The number of piperidine rings is 1. The summed E-state index contributed by atoms with van der Waals surface area (Å²) >= 11 is 5.98. The summed E-state index contributed by atoms with van der Waals surface area (Å²) in [6.07, 6.45) is 4.62. The van der Waals surface area contributed by atoms with E-state index in [1.165, 1.54) is 12.8 Å². The Balaban J connectivity index is 2.04. The van der Waals surface area contributed by atoms with Crippen molar-refractivity contribution in [2.24, 2.45) is 0 Å². The normalized spacial score (nSPS) is 18.8. The van der Waals surface area contributed by atoms with Crippen LogP contribution in [0.5, 0.6) is 0 Å². The molecule has 0 spiro atoms. The Labute approximate surface area is 126 Å². The molecule has 1 aromatic rings. The summed E-state index contributed by atoms with van der Waals surface area (Å²) in [5.74, 6) is 0.0849. The van der Waals surface area contributed by atoms with Gasteiger partial charge in [0.1, 0.15) is 0 Å². The minimum atomic E-state index is 0.0849. The van der Waals surface area contributed by atoms with Gasteiger partial charge in [0.2, 0.25) is 0 Å². The van der Waals surface area contributed by atoms with Crippen molar-refractivity contribution >= 4 is 17.5 Å². The molecular weight excluding hydrogens is 272 g/mol. The molecule has 1 aromatic carbocycles. The van der Waals surface area contributed by atoms with Crippen LogP contribution in [0.25, 0.3) is 0 Å². The van der Waals surface area contributed by atoms with Gasteiger partial charge in [-0.15, -0.1) is 0 Å². The number of nitrogens with one attached hydrogen (secondary N) is 1. The highest BCUT2D eigenvalue weighted by molar-refractivity contribution is 6.30. The fourth-order valence-electron chi connectivity index (χ4n) is 2.70. The summed E-state index contributed by atoms with van der Waals surface area (Å²) in [4.78, 5) is 14.6. The maximum absolute atomic E-state index is 12.6. The van der Waals surface area contributed by atoms with Crippen LogP contribution in [-0.2, 0) is 0 Å². The number of halogens is 1. The van der Waals surface area contributed by atoms with Crippen LogP contribution < -0.4 is 5.32 Å². The van der Waals surface area contributed by atoms with Gasteiger partial charge in [-0.2, -0.15) is 0 Å². The van der Waals surface area contributed by atoms with E-state index < -0.39 is 0 Å². The van der Waals surface area contributed by atoms with Crippen molar-refractivity contribution in [3.63, 3.8) is 0 Å². The Morgan fingerprint density at radius 2 is 2.30 bits per heavy atom. The van der Waals surface area contributed by atoms with Gasteiger partial charge in [-0.25, -0.2) is 0 Å². The number of amides is 1. The summed E-state index contributed by atoms with van der Waals surface area (Å²) in [5.41, 5.74) is 0.682. The van der Waals surface area contributed by atoms with Gasteiger partial charge in [0.25, 0.3) is 5.91 Å². The predicted molar refractivity (Wildman–Crippen MR) is 83.3 cm³/mol. The van der Waals surface area contributed by atoms with Crippen molar-refractivity contribution in [3.05, 3.63) is 34.9 Å². The summed E-state index contributed by atoms with van der Waals surface area (Å²) in [6.45, 7) is 4.76. The third kappa shape index (κ3) is 4.22. The quantitative estimate of drug-likeness (QED) is 0.903. The molecule has 1 fully saturated rings. The second kappa shape index (κ2) is 7.65. The standard InChI is InChI=1S/C16H23ClN2O/c1-2-10-19(12-15-8-3-4-9-18-15)16(20)13-6-5-7-14(17)11-13/h5-7,11,15,18H,2-4,8-10,12H2,1H3. The zero-order valence-electron chi connectivity index (χ0n) is 12.1. The maximum Gasteiger partial charge on any atom is 0.253 e. The summed E-state index contributed by atoms with van der Waals surface area (Å²) < 4.78 is 0. The first kappa shape index (κ1) is 15.3. The van der Waals surface area contributed by atoms with Gasteiger partial charge in [0.15, 0.2) is 0 Å². The number of nitrogens with zero attached hydrogens (tertiary/aromatic N) is 1. The average molecular weight is 295 g/mol. The van der Waals surface area contributed by atoms with Crippen LogP contribution in [0.4, 0.5) is 0 Å². The summed E-state index contributed by atoms with van der Waals surface area (Å²) in [5, 5.41) is 4.12. The lowest BCUT2D eigenvalue weighted by Gasteiger charge is -2.30. The van der Waals surface area contributed by atoms with Crippen LogP contribution in [0.15, 0.2) is 24.3 Å². The Kier molecular flexibility index (Phi) is 5.86. The predicted octanol–water partition coefficient (Wildman–Crippen LogP) is 3.33. The van der Waals surface area contributed by atoms with Crippen molar-refractivity contribution in [2.75, 3.05) is 19.6 Å². The molecule has 0 aliphatic carbocycles. The zero-order chi connectivity index (χ0) is 14.4. The number of rotatable bonds is 5. The second-order valence-corrected chi connectivity index (χ2v) is 5.84. The van der Waals surface area contributed by atoms with Crippen LogP contribution in [0.1, 0.15) is 43.0 Å². The molecule has 0 radical (unpaired) electrons. The van der Waals surface area contributed by atoms with Gasteiger partial charge in [-0.3, -0.25) is 4.79 Å². The molecule has 110 valence electrons. The molecule has 20 heavy (non-hydrogen) atoms. The number of hydrogen-bond donors (Lipinski definition) is 1. The molecule has 1 unspecified atom stereocenters. The highest BCUT2D eigenvalue weighted by Crippen LogP contribution is 2.15. The molecule has 1 N–H and O–H groups in total. The molecule has 1 heterocycles. The average Bonchev–Trinajstić information content (AvgIpc) is 2.47. The van der Waals surface area contributed by atoms with Crippen molar-refractivity contribution in [1.82, 2.24) is 10.2 Å². The summed E-state index contributed by atoms with van der Waals surface area (Å²) in [6, 6.07) is 7.65. The van der Waals surface area contributed by atoms with E-state index in [1.54, 1.807) is 12.1 Å².